The van der Waals surface area contributed by atoms with E-state index in [0.29, 0.717) is 11.3 Å². The number of ketones is 1. The van der Waals surface area contributed by atoms with E-state index in [1.165, 1.54) is 11.3 Å². The number of benzene rings is 1. The number of thiophene rings is 1. The number of anilines is 1. The number of imide groups is 1. The summed E-state index contributed by atoms with van der Waals surface area (Å²) < 4.78 is 0. The molecule has 0 radical (unpaired) electrons. The number of carbonyl (C=O) groups excluding carboxylic acids is 3. The summed E-state index contributed by atoms with van der Waals surface area (Å²) in [7, 11) is 0. The van der Waals surface area contributed by atoms with Crippen molar-refractivity contribution in [3.8, 4) is 0 Å². The van der Waals surface area contributed by atoms with Gasteiger partial charge in [-0.05, 0) is 23.1 Å². The van der Waals surface area contributed by atoms with Crippen LogP contribution in [0, 0.1) is 0 Å². The number of nitrogens with zero attached hydrogens (tertiary/aromatic N) is 1. The van der Waals surface area contributed by atoms with Crippen molar-refractivity contribution in [2.24, 2.45) is 0 Å². The SMILES string of the molecule is CCC(=O)N1C(=O)C(C(=O)Cc2cccs2)c2ccccc21. The molecule has 1 atom stereocenters. The van der Waals surface area contributed by atoms with Crippen LogP contribution in [0.5, 0.6) is 0 Å². The van der Waals surface area contributed by atoms with Crippen LogP contribution in [0.2, 0.25) is 0 Å². The highest BCUT2D eigenvalue weighted by Gasteiger charge is 2.43. The molecular formula is C17H15NO3S. The number of carbonyl (C=O) groups is 3. The Bertz CT molecular complexity index is 736. The highest BCUT2D eigenvalue weighted by atomic mass is 32.1. The fourth-order valence-electron chi connectivity index (χ4n) is 2.73. The molecule has 0 saturated carbocycles. The number of hydrogen-bond acceptors (Lipinski definition) is 4. The maximum atomic E-state index is 12.6. The molecule has 0 fully saturated rings. The lowest BCUT2D eigenvalue weighted by molar-refractivity contribution is -0.130. The van der Waals surface area contributed by atoms with E-state index in [2.05, 4.69) is 0 Å². The van der Waals surface area contributed by atoms with Crippen molar-refractivity contribution in [3.05, 3.63) is 52.2 Å². The average Bonchev–Trinajstić information content (AvgIpc) is 3.11. The van der Waals surface area contributed by atoms with Crippen LogP contribution in [-0.2, 0) is 20.8 Å². The van der Waals surface area contributed by atoms with E-state index in [9.17, 15) is 14.4 Å². The monoisotopic (exact) mass is 313 g/mol. The van der Waals surface area contributed by atoms with E-state index >= 15 is 0 Å². The van der Waals surface area contributed by atoms with Gasteiger partial charge in [-0.25, -0.2) is 4.90 Å². The quantitative estimate of drug-likeness (QED) is 0.816. The molecule has 22 heavy (non-hydrogen) atoms. The summed E-state index contributed by atoms with van der Waals surface area (Å²) in [5, 5.41) is 1.90. The molecule has 5 heteroatoms. The molecule has 4 nitrogen and oxygen atoms in total. The minimum absolute atomic E-state index is 0.161. The molecule has 1 aliphatic heterocycles. The van der Waals surface area contributed by atoms with Crippen molar-refractivity contribution in [2.75, 3.05) is 4.90 Å². The molecule has 2 amide bonds. The summed E-state index contributed by atoms with van der Waals surface area (Å²) in [6.45, 7) is 1.71. The molecular weight excluding hydrogens is 298 g/mol. The van der Waals surface area contributed by atoms with Crippen molar-refractivity contribution in [2.45, 2.75) is 25.7 Å². The summed E-state index contributed by atoms with van der Waals surface area (Å²) in [6, 6.07) is 10.8. The van der Waals surface area contributed by atoms with Gasteiger partial charge in [-0.15, -0.1) is 11.3 Å². The smallest absolute Gasteiger partial charge is 0.248 e. The van der Waals surface area contributed by atoms with Gasteiger partial charge in [0.25, 0.3) is 0 Å². The average molecular weight is 313 g/mol. The maximum absolute atomic E-state index is 12.6. The minimum atomic E-state index is -0.867. The van der Waals surface area contributed by atoms with Crippen LogP contribution in [0.1, 0.15) is 29.7 Å². The van der Waals surface area contributed by atoms with E-state index in [4.69, 9.17) is 0 Å². The molecule has 2 heterocycles. The van der Waals surface area contributed by atoms with Crippen LogP contribution in [0.3, 0.4) is 0 Å². The van der Waals surface area contributed by atoms with Gasteiger partial charge in [0.15, 0.2) is 5.78 Å². The summed E-state index contributed by atoms with van der Waals surface area (Å²) in [5.41, 5.74) is 1.18. The first-order chi connectivity index (χ1) is 10.6. The summed E-state index contributed by atoms with van der Waals surface area (Å²) in [4.78, 5) is 39.4. The summed E-state index contributed by atoms with van der Waals surface area (Å²) in [5.74, 6) is -1.72. The Balaban J connectivity index is 1.96. The predicted molar refractivity (Wildman–Crippen MR) is 85.0 cm³/mol. The van der Waals surface area contributed by atoms with E-state index < -0.39 is 11.8 Å². The standard InChI is InChI=1S/C17H15NO3S/c1-2-15(20)18-13-8-4-3-7-12(13)16(17(18)21)14(19)10-11-6-5-9-22-11/h3-9,16H,2,10H2,1H3. The Kier molecular flexibility index (Phi) is 3.90. The van der Waals surface area contributed by atoms with Crippen molar-refractivity contribution >= 4 is 34.6 Å². The molecule has 3 rings (SSSR count). The minimum Gasteiger partial charge on any atom is -0.298 e. The van der Waals surface area contributed by atoms with Crippen molar-refractivity contribution in [1.29, 1.82) is 0 Å². The van der Waals surface area contributed by atoms with Gasteiger partial charge in [-0.1, -0.05) is 31.2 Å². The predicted octanol–water partition coefficient (Wildman–Crippen LogP) is 2.93. The van der Waals surface area contributed by atoms with Crippen LogP contribution in [0.4, 0.5) is 5.69 Å². The second-order valence-electron chi connectivity index (χ2n) is 5.14. The number of amides is 2. The van der Waals surface area contributed by atoms with Gasteiger partial charge in [-0.3, -0.25) is 14.4 Å². The Labute approximate surface area is 132 Å². The van der Waals surface area contributed by atoms with Gasteiger partial charge in [0.05, 0.1) is 5.69 Å². The number of hydrogen-bond donors (Lipinski definition) is 0. The van der Waals surface area contributed by atoms with Crippen LogP contribution < -0.4 is 4.90 Å². The van der Waals surface area contributed by atoms with Gasteiger partial charge in [0, 0.05) is 17.7 Å². The third kappa shape index (κ3) is 2.37. The van der Waals surface area contributed by atoms with Crippen LogP contribution in [0.15, 0.2) is 41.8 Å². The van der Waals surface area contributed by atoms with Gasteiger partial charge >= 0.3 is 0 Å². The molecule has 0 N–H and O–H groups in total. The lowest BCUT2D eigenvalue weighted by atomic mass is 9.94. The molecule has 1 aromatic carbocycles. The Hall–Kier alpha value is -2.27. The number of para-hydroxylation sites is 1. The first-order valence-electron chi connectivity index (χ1n) is 7.14. The molecule has 2 aromatic rings. The Morgan fingerprint density at radius 3 is 2.64 bits per heavy atom. The van der Waals surface area contributed by atoms with E-state index in [-0.39, 0.29) is 24.5 Å². The highest BCUT2D eigenvalue weighted by molar-refractivity contribution is 7.10. The zero-order valence-corrected chi connectivity index (χ0v) is 12.9. The number of Topliss-reactive ketones (excluding diaryl/α,β-unsaturated/α-hetero) is 1. The van der Waals surface area contributed by atoms with Gasteiger partial charge in [-0.2, -0.15) is 0 Å². The van der Waals surface area contributed by atoms with Crippen molar-refractivity contribution in [1.82, 2.24) is 0 Å². The summed E-state index contributed by atoms with van der Waals surface area (Å²) in [6.07, 6.45) is 0.447. The Morgan fingerprint density at radius 1 is 1.18 bits per heavy atom. The zero-order chi connectivity index (χ0) is 15.7. The van der Waals surface area contributed by atoms with Crippen LogP contribution >= 0.6 is 11.3 Å². The van der Waals surface area contributed by atoms with E-state index in [1.807, 2.05) is 17.5 Å². The second kappa shape index (κ2) is 5.85. The lowest BCUT2D eigenvalue weighted by Crippen LogP contribution is -2.36. The normalized spacial score (nSPS) is 16.7. The molecule has 1 aliphatic rings. The third-order valence-corrected chi connectivity index (χ3v) is 4.63. The Morgan fingerprint density at radius 2 is 1.95 bits per heavy atom. The molecule has 0 bridgehead atoms. The molecule has 0 spiro atoms. The fraction of sp³-hybridized carbons (Fsp3) is 0.235. The van der Waals surface area contributed by atoms with Crippen LogP contribution in [0.25, 0.3) is 0 Å². The molecule has 0 saturated heterocycles. The third-order valence-electron chi connectivity index (χ3n) is 3.76. The lowest BCUT2D eigenvalue weighted by Gasteiger charge is -2.14. The molecule has 0 aliphatic carbocycles. The largest absolute Gasteiger partial charge is 0.298 e. The van der Waals surface area contributed by atoms with Gasteiger partial charge in [0.1, 0.15) is 5.92 Å². The zero-order valence-electron chi connectivity index (χ0n) is 12.1. The fourth-order valence-corrected chi connectivity index (χ4v) is 3.44. The summed E-state index contributed by atoms with van der Waals surface area (Å²) >= 11 is 1.49. The van der Waals surface area contributed by atoms with Crippen molar-refractivity contribution in [3.63, 3.8) is 0 Å². The first kappa shape index (κ1) is 14.7. The molecule has 1 aromatic heterocycles. The van der Waals surface area contributed by atoms with E-state index in [0.717, 1.165) is 9.78 Å². The first-order valence-corrected chi connectivity index (χ1v) is 8.02. The second-order valence-corrected chi connectivity index (χ2v) is 6.17. The van der Waals surface area contributed by atoms with Gasteiger partial charge < -0.3 is 0 Å². The highest BCUT2D eigenvalue weighted by Crippen LogP contribution is 2.38. The van der Waals surface area contributed by atoms with E-state index in [1.54, 1.807) is 31.2 Å². The molecule has 112 valence electrons. The number of fused-ring (bicyclic) bond motifs is 1. The van der Waals surface area contributed by atoms with Crippen LogP contribution in [-0.4, -0.2) is 17.6 Å². The maximum Gasteiger partial charge on any atom is 0.248 e. The topological polar surface area (TPSA) is 54.5 Å². The van der Waals surface area contributed by atoms with Gasteiger partial charge in [0.2, 0.25) is 11.8 Å². The van der Waals surface area contributed by atoms with Crippen molar-refractivity contribution < 1.29 is 14.4 Å². The molecule has 1 unspecified atom stereocenters. The number of rotatable bonds is 4.